The van der Waals surface area contributed by atoms with Crippen molar-refractivity contribution in [1.82, 2.24) is 15.0 Å². The number of aliphatic hydroxyl groups excluding tert-OH is 5. The average molecular weight is 584 g/mol. The van der Waals surface area contributed by atoms with E-state index < -0.39 is 76.6 Å². The van der Waals surface area contributed by atoms with Crippen LogP contribution in [-0.2, 0) is 45.7 Å². The van der Waals surface area contributed by atoms with Gasteiger partial charge in [-0.05, 0) is 6.42 Å². The standard InChI is InChI=1S/C22H41N3O13Si/c1-12-15(11-35-10-13-8-25(24-23-13)6-5-7-39(31,33-3)34-4)36-22(18(29)16(12)27)38-21-14(9-26)17(28)19(32-2)20(30)37-21/h8,12,14-22,26-31H,5-7,9-11H2,1-4H3. The van der Waals surface area contributed by atoms with Crippen molar-refractivity contribution >= 4 is 8.80 Å². The summed E-state index contributed by atoms with van der Waals surface area (Å²) in [6.07, 6.45) is -7.86. The predicted molar refractivity (Wildman–Crippen MR) is 130 cm³/mol. The second-order valence-corrected chi connectivity index (χ2v) is 12.4. The van der Waals surface area contributed by atoms with Gasteiger partial charge >= 0.3 is 8.80 Å². The number of rotatable bonds is 14. The third kappa shape index (κ3) is 7.98. The van der Waals surface area contributed by atoms with Crippen LogP contribution in [0.2, 0.25) is 6.04 Å². The number of nitrogens with zero attached hydrogens (tertiary/aromatic N) is 3. The first kappa shape index (κ1) is 32.4. The Balaban J connectivity index is 1.52. The van der Waals surface area contributed by atoms with E-state index in [1.807, 2.05) is 0 Å². The molecule has 2 aliphatic rings. The van der Waals surface area contributed by atoms with Gasteiger partial charge in [0, 0.05) is 39.8 Å². The Kier molecular flexibility index (Phi) is 12.1. The number of aliphatic hydroxyl groups is 5. The Bertz CT molecular complexity index is 865. The number of aryl methyl sites for hydroxylation is 1. The van der Waals surface area contributed by atoms with E-state index >= 15 is 0 Å². The van der Waals surface area contributed by atoms with E-state index in [1.165, 1.54) is 21.3 Å². The van der Waals surface area contributed by atoms with E-state index in [-0.39, 0.29) is 13.2 Å². The predicted octanol–water partition coefficient (Wildman–Crippen LogP) is -2.83. The molecular weight excluding hydrogens is 542 g/mol. The summed E-state index contributed by atoms with van der Waals surface area (Å²) in [7, 11) is 0.957. The fourth-order valence-electron chi connectivity index (χ4n) is 4.52. The zero-order valence-corrected chi connectivity index (χ0v) is 23.5. The average Bonchev–Trinajstić information content (AvgIpc) is 3.37. The van der Waals surface area contributed by atoms with E-state index in [1.54, 1.807) is 17.8 Å². The molecule has 0 aromatic carbocycles. The first-order valence-corrected chi connectivity index (χ1v) is 14.7. The topological polar surface area (TPSA) is 217 Å². The molecule has 39 heavy (non-hydrogen) atoms. The largest absolute Gasteiger partial charge is 0.497 e. The van der Waals surface area contributed by atoms with Crippen LogP contribution in [0, 0.1) is 11.8 Å². The summed E-state index contributed by atoms with van der Waals surface area (Å²) in [6, 6.07) is 0.371. The molecule has 10 unspecified atom stereocenters. The number of hydrogen-bond donors (Lipinski definition) is 6. The van der Waals surface area contributed by atoms with E-state index in [9.17, 15) is 30.3 Å². The summed E-state index contributed by atoms with van der Waals surface area (Å²) < 4.78 is 39.3. The lowest BCUT2D eigenvalue weighted by Crippen LogP contribution is -2.61. The van der Waals surface area contributed by atoms with Crippen molar-refractivity contribution in [3.63, 3.8) is 0 Å². The van der Waals surface area contributed by atoms with Crippen molar-refractivity contribution in [3.05, 3.63) is 11.9 Å². The quantitative estimate of drug-likeness (QED) is 0.122. The molecule has 2 fully saturated rings. The van der Waals surface area contributed by atoms with Gasteiger partial charge in [0.25, 0.3) is 0 Å². The van der Waals surface area contributed by atoms with Crippen LogP contribution in [0.4, 0.5) is 0 Å². The zero-order chi connectivity index (χ0) is 28.7. The van der Waals surface area contributed by atoms with Gasteiger partial charge in [0.05, 0.1) is 50.2 Å². The van der Waals surface area contributed by atoms with Gasteiger partial charge < -0.3 is 62.9 Å². The maximum absolute atomic E-state index is 10.6. The summed E-state index contributed by atoms with van der Waals surface area (Å²) >= 11 is 0. The summed E-state index contributed by atoms with van der Waals surface area (Å²) in [5.41, 5.74) is 0.551. The van der Waals surface area contributed by atoms with Crippen LogP contribution in [-0.4, -0.2) is 138 Å². The molecule has 0 aliphatic carbocycles. The minimum Gasteiger partial charge on any atom is -0.396 e. The highest BCUT2D eigenvalue weighted by molar-refractivity contribution is 6.59. The molecule has 0 saturated carbocycles. The molecule has 17 heteroatoms. The third-order valence-electron chi connectivity index (χ3n) is 7.13. The highest BCUT2D eigenvalue weighted by Gasteiger charge is 2.49. The van der Waals surface area contributed by atoms with Crippen LogP contribution in [0.3, 0.4) is 0 Å². The van der Waals surface area contributed by atoms with Crippen molar-refractivity contribution in [1.29, 1.82) is 0 Å². The molecule has 0 bridgehead atoms. The van der Waals surface area contributed by atoms with Gasteiger partial charge in [-0.1, -0.05) is 12.1 Å². The molecule has 3 heterocycles. The second kappa shape index (κ2) is 14.6. The van der Waals surface area contributed by atoms with Gasteiger partial charge in [-0.2, -0.15) is 0 Å². The van der Waals surface area contributed by atoms with Crippen LogP contribution in [0.15, 0.2) is 6.20 Å². The van der Waals surface area contributed by atoms with Crippen LogP contribution >= 0.6 is 0 Å². The van der Waals surface area contributed by atoms with Gasteiger partial charge in [-0.3, -0.25) is 4.68 Å². The molecule has 10 atom stereocenters. The fraction of sp³-hybridized carbons (Fsp3) is 0.909. The SMILES string of the molecule is COC1C(O)OC(OC2OC(COCc3cn(CCC[Si](O)(OC)OC)nn3)C(C)C(O)C2O)C(CO)C1O. The smallest absolute Gasteiger partial charge is 0.396 e. The molecule has 1 aromatic heterocycles. The van der Waals surface area contributed by atoms with Crippen molar-refractivity contribution in [2.75, 3.05) is 34.5 Å². The number of aromatic nitrogens is 3. The maximum Gasteiger partial charge on any atom is 0.497 e. The number of hydrogen-bond acceptors (Lipinski definition) is 15. The van der Waals surface area contributed by atoms with Gasteiger partial charge in [0.2, 0.25) is 0 Å². The first-order chi connectivity index (χ1) is 18.6. The Morgan fingerprint density at radius 3 is 2.38 bits per heavy atom. The first-order valence-electron chi connectivity index (χ1n) is 12.7. The van der Waals surface area contributed by atoms with Crippen LogP contribution < -0.4 is 0 Å². The van der Waals surface area contributed by atoms with Crippen molar-refractivity contribution in [2.45, 2.75) is 81.9 Å². The second-order valence-electron chi connectivity index (χ2n) is 9.66. The molecule has 226 valence electrons. The Labute approximate surface area is 227 Å². The number of ether oxygens (including phenoxy) is 5. The Morgan fingerprint density at radius 1 is 1.03 bits per heavy atom. The summed E-state index contributed by atoms with van der Waals surface area (Å²) in [4.78, 5) is 10.1. The fourth-order valence-corrected chi connectivity index (χ4v) is 5.70. The van der Waals surface area contributed by atoms with Gasteiger partial charge in [-0.25, -0.2) is 0 Å². The molecular formula is C22H41N3O13Si. The molecule has 0 radical (unpaired) electrons. The molecule has 16 nitrogen and oxygen atoms in total. The monoisotopic (exact) mass is 583 g/mol. The Morgan fingerprint density at radius 2 is 1.74 bits per heavy atom. The molecule has 1 aromatic rings. The lowest BCUT2D eigenvalue weighted by Gasteiger charge is -2.46. The summed E-state index contributed by atoms with van der Waals surface area (Å²) in [5.74, 6) is -1.54. The molecule has 6 N–H and O–H groups in total. The van der Waals surface area contributed by atoms with Crippen molar-refractivity contribution in [3.8, 4) is 0 Å². The van der Waals surface area contributed by atoms with Crippen LogP contribution in [0.5, 0.6) is 0 Å². The van der Waals surface area contributed by atoms with E-state index in [0.29, 0.717) is 24.7 Å². The maximum atomic E-state index is 10.6. The molecule has 3 rings (SSSR count). The van der Waals surface area contributed by atoms with Crippen molar-refractivity contribution < 1.29 is 62.9 Å². The number of methoxy groups -OCH3 is 1. The van der Waals surface area contributed by atoms with E-state index in [0.717, 1.165) is 0 Å². The normalized spacial score (nSPS) is 35.8. The highest BCUT2D eigenvalue weighted by atomic mass is 28.4. The van der Waals surface area contributed by atoms with Gasteiger partial charge in [0.15, 0.2) is 18.9 Å². The van der Waals surface area contributed by atoms with Gasteiger partial charge in [0.1, 0.15) is 17.9 Å². The summed E-state index contributed by atoms with van der Waals surface area (Å²) in [6.45, 7) is 1.73. The Hall–Kier alpha value is -1.16. The third-order valence-corrected chi connectivity index (χ3v) is 9.39. The van der Waals surface area contributed by atoms with Crippen LogP contribution in [0.1, 0.15) is 19.0 Å². The lowest BCUT2D eigenvalue weighted by atomic mass is 9.90. The van der Waals surface area contributed by atoms with E-state index in [2.05, 4.69) is 10.3 Å². The van der Waals surface area contributed by atoms with Gasteiger partial charge in [-0.15, -0.1) is 5.10 Å². The summed E-state index contributed by atoms with van der Waals surface area (Å²) in [5, 5.41) is 59.5. The van der Waals surface area contributed by atoms with Crippen LogP contribution in [0.25, 0.3) is 0 Å². The van der Waals surface area contributed by atoms with E-state index in [4.69, 9.17) is 32.5 Å². The van der Waals surface area contributed by atoms with Crippen molar-refractivity contribution in [2.24, 2.45) is 11.8 Å². The molecule has 2 aliphatic heterocycles. The molecule has 2 saturated heterocycles. The highest BCUT2D eigenvalue weighted by Crippen LogP contribution is 2.33. The zero-order valence-electron chi connectivity index (χ0n) is 22.5. The molecule has 0 spiro atoms. The minimum absolute atomic E-state index is 0.0178. The lowest BCUT2D eigenvalue weighted by molar-refractivity contribution is -0.388. The minimum atomic E-state index is -3.14. The molecule has 0 amide bonds.